The second-order valence-electron chi connectivity index (χ2n) is 6.50. The molecular weight excluding hydrogens is 292 g/mol. The van der Waals surface area contributed by atoms with E-state index in [2.05, 4.69) is 10.4 Å². The number of aryl methyl sites for hydroxylation is 1. The van der Waals surface area contributed by atoms with Gasteiger partial charge >= 0.3 is 0 Å². The first kappa shape index (κ1) is 14.7. The summed E-state index contributed by atoms with van der Waals surface area (Å²) in [5.41, 5.74) is 1.36. The van der Waals surface area contributed by atoms with Crippen LogP contribution in [0.5, 0.6) is 0 Å². The molecular formula is C17H22N4O2. The molecule has 23 heavy (non-hydrogen) atoms. The summed E-state index contributed by atoms with van der Waals surface area (Å²) < 4.78 is 7.84. The first-order chi connectivity index (χ1) is 11.2. The van der Waals surface area contributed by atoms with Crippen LogP contribution in [0.25, 0.3) is 10.9 Å². The summed E-state index contributed by atoms with van der Waals surface area (Å²) in [4.78, 5) is 15.0. The number of nitrogens with one attached hydrogen (secondary N) is 1. The molecule has 2 fully saturated rings. The molecule has 2 aromatic rings. The quantitative estimate of drug-likeness (QED) is 0.858. The van der Waals surface area contributed by atoms with E-state index in [4.69, 9.17) is 4.74 Å². The molecule has 2 aliphatic heterocycles. The van der Waals surface area contributed by atoms with Crippen LogP contribution in [0.15, 0.2) is 24.3 Å². The highest BCUT2D eigenvalue weighted by Crippen LogP contribution is 2.29. The van der Waals surface area contributed by atoms with Gasteiger partial charge in [0.15, 0.2) is 5.69 Å². The average Bonchev–Trinajstić information content (AvgIpc) is 2.92. The van der Waals surface area contributed by atoms with Crippen LogP contribution in [0.1, 0.15) is 23.3 Å². The van der Waals surface area contributed by atoms with Crippen molar-refractivity contribution in [2.24, 2.45) is 7.05 Å². The molecule has 6 nitrogen and oxygen atoms in total. The largest absolute Gasteiger partial charge is 0.371 e. The number of hydrogen-bond acceptors (Lipinski definition) is 4. The van der Waals surface area contributed by atoms with E-state index in [9.17, 15) is 4.79 Å². The number of benzene rings is 1. The fourth-order valence-corrected chi connectivity index (χ4v) is 3.72. The molecule has 0 saturated carbocycles. The molecule has 2 aliphatic rings. The van der Waals surface area contributed by atoms with Gasteiger partial charge < -0.3 is 15.0 Å². The molecule has 3 heterocycles. The smallest absolute Gasteiger partial charge is 0.275 e. The molecule has 1 aromatic heterocycles. The Morgan fingerprint density at radius 2 is 2.09 bits per heavy atom. The molecule has 4 rings (SSSR count). The Balaban J connectivity index is 1.63. The second-order valence-corrected chi connectivity index (χ2v) is 6.50. The minimum atomic E-state index is -0.177. The van der Waals surface area contributed by atoms with Crippen molar-refractivity contribution < 1.29 is 9.53 Å². The number of carbonyl (C=O) groups is 1. The third kappa shape index (κ3) is 2.52. The Morgan fingerprint density at radius 1 is 1.30 bits per heavy atom. The highest BCUT2D eigenvalue weighted by Gasteiger charge is 2.40. The number of piperidine rings is 1. The van der Waals surface area contributed by atoms with Crippen LogP contribution in [0, 0.1) is 0 Å². The van der Waals surface area contributed by atoms with E-state index in [1.54, 1.807) is 4.68 Å². The van der Waals surface area contributed by atoms with Crippen molar-refractivity contribution in [2.75, 3.05) is 32.8 Å². The lowest BCUT2D eigenvalue weighted by Gasteiger charge is -2.45. The highest BCUT2D eigenvalue weighted by molar-refractivity contribution is 6.04. The van der Waals surface area contributed by atoms with E-state index in [0.717, 1.165) is 36.8 Å². The van der Waals surface area contributed by atoms with Crippen LogP contribution in [0.2, 0.25) is 0 Å². The number of ether oxygens (including phenoxy) is 1. The number of carbonyl (C=O) groups excluding carboxylic acids is 1. The number of amides is 1. The lowest BCUT2D eigenvalue weighted by atomic mass is 9.90. The van der Waals surface area contributed by atoms with Crippen molar-refractivity contribution in [3.05, 3.63) is 30.0 Å². The van der Waals surface area contributed by atoms with E-state index in [1.165, 1.54) is 0 Å². The normalized spacial score (nSPS) is 21.0. The summed E-state index contributed by atoms with van der Waals surface area (Å²) in [6.45, 7) is 3.82. The van der Waals surface area contributed by atoms with Crippen molar-refractivity contribution >= 4 is 16.8 Å². The van der Waals surface area contributed by atoms with Gasteiger partial charge in [0.1, 0.15) is 0 Å². The summed E-state index contributed by atoms with van der Waals surface area (Å²) in [6, 6.07) is 7.88. The van der Waals surface area contributed by atoms with Crippen LogP contribution in [-0.4, -0.2) is 59.0 Å². The van der Waals surface area contributed by atoms with Gasteiger partial charge in [-0.25, -0.2) is 0 Å². The van der Waals surface area contributed by atoms with Crippen molar-refractivity contribution in [3.63, 3.8) is 0 Å². The van der Waals surface area contributed by atoms with E-state index >= 15 is 0 Å². The van der Waals surface area contributed by atoms with Crippen LogP contribution in [0.3, 0.4) is 0 Å². The standard InChI is InChI=1S/C17H22N4O2/c1-20-14-5-3-2-4-13(14)15(19-20)16(22)21-10-11-23-17(12-21)6-8-18-9-7-17/h2-5,18H,6-12H2,1H3. The first-order valence-corrected chi connectivity index (χ1v) is 8.24. The number of hydrogen-bond donors (Lipinski definition) is 1. The minimum Gasteiger partial charge on any atom is -0.371 e. The van der Waals surface area contributed by atoms with Gasteiger partial charge in [0.05, 0.1) is 24.3 Å². The first-order valence-electron chi connectivity index (χ1n) is 8.24. The summed E-state index contributed by atoms with van der Waals surface area (Å²) in [7, 11) is 1.88. The molecule has 122 valence electrons. The van der Waals surface area contributed by atoms with E-state index in [1.807, 2.05) is 36.2 Å². The fraction of sp³-hybridized carbons (Fsp3) is 0.529. The minimum absolute atomic E-state index is 0.0167. The molecule has 1 spiro atoms. The Bertz CT molecular complexity index is 728. The number of aromatic nitrogens is 2. The molecule has 1 N–H and O–H groups in total. The Labute approximate surface area is 135 Å². The number of morpholine rings is 1. The molecule has 1 amide bonds. The monoisotopic (exact) mass is 314 g/mol. The number of para-hydroxylation sites is 1. The van der Waals surface area contributed by atoms with Crippen LogP contribution in [-0.2, 0) is 11.8 Å². The van der Waals surface area contributed by atoms with Crippen LogP contribution < -0.4 is 5.32 Å². The zero-order valence-electron chi connectivity index (χ0n) is 13.4. The highest BCUT2D eigenvalue weighted by atomic mass is 16.5. The van der Waals surface area contributed by atoms with Gasteiger partial charge in [0.2, 0.25) is 0 Å². The molecule has 0 atom stereocenters. The van der Waals surface area contributed by atoms with Gasteiger partial charge in [0, 0.05) is 19.0 Å². The Morgan fingerprint density at radius 3 is 2.91 bits per heavy atom. The zero-order chi connectivity index (χ0) is 15.9. The number of rotatable bonds is 1. The van der Waals surface area contributed by atoms with E-state index in [0.29, 0.717) is 25.4 Å². The predicted octanol–water partition coefficient (Wildman–Crippen LogP) is 1.17. The van der Waals surface area contributed by atoms with Gasteiger partial charge in [-0.15, -0.1) is 0 Å². The summed E-state index contributed by atoms with van der Waals surface area (Å²) in [5, 5.41) is 8.75. The summed E-state index contributed by atoms with van der Waals surface area (Å²) >= 11 is 0. The van der Waals surface area contributed by atoms with Gasteiger partial charge in [0.25, 0.3) is 5.91 Å². The van der Waals surface area contributed by atoms with Gasteiger partial charge in [-0.1, -0.05) is 18.2 Å². The third-order valence-corrected chi connectivity index (χ3v) is 5.01. The molecule has 0 radical (unpaired) electrons. The molecule has 0 bridgehead atoms. The zero-order valence-corrected chi connectivity index (χ0v) is 13.4. The van der Waals surface area contributed by atoms with Crippen molar-refractivity contribution in [1.82, 2.24) is 20.0 Å². The maximum atomic E-state index is 13.0. The third-order valence-electron chi connectivity index (χ3n) is 5.01. The molecule has 2 saturated heterocycles. The lowest BCUT2D eigenvalue weighted by Crippen LogP contribution is -2.57. The van der Waals surface area contributed by atoms with Crippen molar-refractivity contribution in [3.8, 4) is 0 Å². The van der Waals surface area contributed by atoms with Gasteiger partial charge in [-0.2, -0.15) is 5.10 Å². The molecule has 0 unspecified atom stereocenters. The molecule has 6 heteroatoms. The maximum Gasteiger partial charge on any atom is 0.275 e. The SMILES string of the molecule is Cn1nc(C(=O)N2CCOC3(CCNCC3)C2)c2ccccc21. The topological polar surface area (TPSA) is 59.4 Å². The molecule has 0 aliphatic carbocycles. The summed E-state index contributed by atoms with van der Waals surface area (Å²) in [6.07, 6.45) is 1.92. The fourth-order valence-electron chi connectivity index (χ4n) is 3.72. The van der Waals surface area contributed by atoms with Gasteiger partial charge in [-0.05, 0) is 32.0 Å². The molecule has 1 aromatic carbocycles. The van der Waals surface area contributed by atoms with Crippen molar-refractivity contribution in [1.29, 1.82) is 0 Å². The average molecular weight is 314 g/mol. The van der Waals surface area contributed by atoms with Crippen molar-refractivity contribution in [2.45, 2.75) is 18.4 Å². The Kier molecular flexibility index (Phi) is 3.58. The van der Waals surface area contributed by atoms with Crippen LogP contribution in [0.4, 0.5) is 0 Å². The lowest BCUT2D eigenvalue weighted by molar-refractivity contribution is -0.114. The van der Waals surface area contributed by atoms with E-state index in [-0.39, 0.29) is 11.5 Å². The number of nitrogens with zero attached hydrogens (tertiary/aromatic N) is 3. The van der Waals surface area contributed by atoms with Crippen LogP contribution >= 0.6 is 0 Å². The van der Waals surface area contributed by atoms with Gasteiger partial charge in [-0.3, -0.25) is 9.48 Å². The maximum absolute atomic E-state index is 13.0. The predicted molar refractivity (Wildman–Crippen MR) is 87.4 cm³/mol. The second kappa shape index (κ2) is 5.62. The number of fused-ring (bicyclic) bond motifs is 1. The Hall–Kier alpha value is -1.92. The summed E-state index contributed by atoms with van der Waals surface area (Å²) in [5.74, 6) is 0.0167. The van der Waals surface area contributed by atoms with E-state index < -0.39 is 0 Å².